The third-order valence-corrected chi connectivity index (χ3v) is 8.87. The van der Waals surface area contributed by atoms with Crippen LogP contribution in [0.3, 0.4) is 0 Å². The Labute approximate surface area is 243 Å². The number of rotatable bonds is 8. The van der Waals surface area contributed by atoms with Crippen molar-refractivity contribution >= 4 is 23.5 Å². The monoisotopic (exact) mass is 610 g/mol. The number of benzene rings is 2. The molecule has 5 rings (SSSR count). The molecular weight excluding hydrogens is 579 g/mol. The Morgan fingerprint density at radius 2 is 1.60 bits per heavy atom. The molecule has 3 fully saturated rings. The highest BCUT2D eigenvalue weighted by molar-refractivity contribution is 5.99. The van der Waals surface area contributed by atoms with Crippen molar-refractivity contribution in [3.05, 3.63) is 53.1 Å². The summed E-state index contributed by atoms with van der Waals surface area (Å²) in [6.07, 6.45) is -1.72. The minimum atomic E-state index is -4.94. The number of anilines is 1. The summed E-state index contributed by atoms with van der Waals surface area (Å²) in [5.74, 6) is -6.01. The molecule has 3 saturated carbocycles. The lowest BCUT2D eigenvalue weighted by atomic mass is 9.83. The van der Waals surface area contributed by atoms with Crippen molar-refractivity contribution in [3.63, 3.8) is 0 Å². The van der Waals surface area contributed by atoms with E-state index in [0.29, 0.717) is 50.7 Å². The van der Waals surface area contributed by atoms with Crippen molar-refractivity contribution in [2.24, 2.45) is 23.7 Å². The summed E-state index contributed by atoms with van der Waals surface area (Å²) >= 11 is 0. The lowest BCUT2D eigenvalue weighted by molar-refractivity contribution is -0.143. The van der Waals surface area contributed by atoms with Gasteiger partial charge in [-0.15, -0.1) is 0 Å². The van der Waals surface area contributed by atoms with Crippen molar-refractivity contribution < 1.29 is 50.9 Å². The normalized spacial score (nSPS) is 26.6. The number of carbonyl (C=O) groups excluding carboxylic acids is 2. The van der Waals surface area contributed by atoms with Gasteiger partial charge in [0, 0.05) is 17.8 Å². The number of hydrogen-bond acceptors (Lipinski definition) is 5. The Bertz CT molecular complexity index is 1410. The van der Waals surface area contributed by atoms with Crippen molar-refractivity contribution in [1.82, 2.24) is 5.32 Å². The molecule has 2 amide bonds. The Morgan fingerprint density at radius 1 is 0.907 bits per heavy atom. The summed E-state index contributed by atoms with van der Waals surface area (Å²) in [6.45, 7) is 0. The third-order valence-electron chi connectivity index (χ3n) is 8.87. The number of aliphatic carboxylic acids is 1. The number of hydrogen-bond donors (Lipinski definition) is 3. The molecular formula is C30H31F5N2O6. The van der Waals surface area contributed by atoms with Crippen molar-refractivity contribution in [3.8, 4) is 11.5 Å². The van der Waals surface area contributed by atoms with Crippen LogP contribution < -0.4 is 20.1 Å². The van der Waals surface area contributed by atoms with Gasteiger partial charge < -0.3 is 25.2 Å². The van der Waals surface area contributed by atoms with Gasteiger partial charge in [0.15, 0.2) is 11.6 Å². The number of alkyl halides is 3. The maximum Gasteiger partial charge on any atom is 0.419 e. The molecule has 3 aliphatic rings. The van der Waals surface area contributed by atoms with Crippen LogP contribution in [0.25, 0.3) is 0 Å². The molecule has 2 bridgehead atoms. The first-order valence-electron chi connectivity index (χ1n) is 14.1. The Morgan fingerprint density at radius 3 is 2.26 bits per heavy atom. The molecule has 2 aromatic carbocycles. The fourth-order valence-corrected chi connectivity index (χ4v) is 6.73. The van der Waals surface area contributed by atoms with Crippen LogP contribution in [0.4, 0.5) is 27.6 Å². The van der Waals surface area contributed by atoms with Gasteiger partial charge in [0.1, 0.15) is 11.6 Å². The topological polar surface area (TPSA) is 114 Å². The van der Waals surface area contributed by atoms with Gasteiger partial charge in [0.25, 0.3) is 5.91 Å². The van der Waals surface area contributed by atoms with Gasteiger partial charge in [-0.25, -0.2) is 8.78 Å². The largest absolute Gasteiger partial charge is 0.496 e. The summed E-state index contributed by atoms with van der Waals surface area (Å²) in [5, 5.41) is 14.5. The van der Waals surface area contributed by atoms with Gasteiger partial charge >= 0.3 is 12.1 Å². The lowest BCUT2D eigenvalue weighted by Crippen LogP contribution is -2.48. The molecule has 0 saturated heterocycles. The predicted molar refractivity (Wildman–Crippen MR) is 143 cm³/mol. The second-order valence-corrected chi connectivity index (χ2v) is 11.5. The van der Waals surface area contributed by atoms with E-state index < -0.39 is 65.1 Å². The number of ether oxygens (including phenoxy) is 2. The van der Waals surface area contributed by atoms with Crippen LogP contribution in [0.15, 0.2) is 30.3 Å². The first-order valence-corrected chi connectivity index (χ1v) is 14.1. The molecule has 0 aromatic heterocycles. The molecule has 0 radical (unpaired) electrons. The van der Waals surface area contributed by atoms with Crippen molar-refractivity contribution in [2.45, 2.75) is 63.3 Å². The van der Waals surface area contributed by atoms with E-state index in [9.17, 15) is 41.4 Å². The minimum Gasteiger partial charge on any atom is -0.496 e. The number of carboxylic acid groups (broad SMARTS) is 1. The van der Waals surface area contributed by atoms with Crippen LogP contribution in [0.5, 0.6) is 11.5 Å². The number of carbonyl (C=O) groups is 3. The Kier molecular flexibility index (Phi) is 8.53. The fraction of sp³-hybridized carbons (Fsp3) is 0.500. The van der Waals surface area contributed by atoms with Crippen molar-refractivity contribution in [1.29, 1.82) is 0 Å². The Hall–Kier alpha value is -3.90. The second-order valence-electron chi connectivity index (χ2n) is 11.5. The number of fused-ring (bicyclic) bond motifs is 2. The maximum atomic E-state index is 14.9. The summed E-state index contributed by atoms with van der Waals surface area (Å²) in [4.78, 5) is 38.1. The third kappa shape index (κ3) is 6.40. The lowest BCUT2D eigenvalue weighted by Gasteiger charge is -2.31. The van der Waals surface area contributed by atoms with E-state index in [1.165, 1.54) is 13.2 Å². The van der Waals surface area contributed by atoms with E-state index in [1.807, 2.05) is 0 Å². The molecule has 0 unspecified atom stereocenters. The quantitative estimate of drug-likeness (QED) is 0.326. The van der Waals surface area contributed by atoms with Crippen LogP contribution in [0, 0.1) is 35.3 Å². The number of methoxy groups -OCH3 is 1. The molecule has 4 atom stereocenters. The standard InChI is InChI=1S/C30H31F5N2O6/c1-42-23-13-22(32)24(43-18-7-4-14(5-8-18)29(40)41)12-19(23)27(38)37-26-16-3-2-15(10-16)25(26)28(39)36-17-6-9-21(31)20(11-17)30(33,34)35/h6,9,11-16,18,25-26H,2-5,7-8,10H2,1H3,(H,36,39)(H,37,38)(H,40,41)/t14?,15-,16+,18?,25+,26-/m1/s1. The van der Waals surface area contributed by atoms with Gasteiger partial charge in [-0.2, -0.15) is 13.2 Å². The smallest absolute Gasteiger partial charge is 0.419 e. The van der Waals surface area contributed by atoms with Crippen LogP contribution in [0.2, 0.25) is 0 Å². The molecule has 8 nitrogen and oxygen atoms in total. The highest BCUT2D eigenvalue weighted by atomic mass is 19.4. The minimum absolute atomic E-state index is 0.0339. The van der Waals surface area contributed by atoms with E-state index in [4.69, 9.17) is 9.47 Å². The van der Waals surface area contributed by atoms with Crippen LogP contribution in [-0.4, -0.2) is 42.1 Å². The zero-order valence-electron chi connectivity index (χ0n) is 23.2. The SMILES string of the molecule is COc1cc(F)c(OC2CCC(C(=O)O)CC2)cc1C(=O)N[C@@H]1[C@H]2CC[C@H](C2)[C@@H]1C(=O)Nc1ccc(F)c(C(F)(F)F)c1. The first kappa shape index (κ1) is 30.6. The van der Waals surface area contributed by atoms with Gasteiger partial charge in [0.2, 0.25) is 5.91 Å². The van der Waals surface area contributed by atoms with Gasteiger partial charge in [-0.1, -0.05) is 0 Å². The number of amides is 2. The fourth-order valence-electron chi connectivity index (χ4n) is 6.73. The molecule has 0 spiro atoms. The highest BCUT2D eigenvalue weighted by Gasteiger charge is 2.51. The molecule has 3 aliphatic carbocycles. The highest BCUT2D eigenvalue weighted by Crippen LogP contribution is 2.49. The van der Waals surface area contributed by atoms with E-state index in [0.717, 1.165) is 18.6 Å². The number of nitrogens with one attached hydrogen (secondary N) is 2. The Balaban J connectivity index is 1.32. The summed E-state index contributed by atoms with van der Waals surface area (Å²) in [5.41, 5.74) is -1.75. The second kappa shape index (κ2) is 12.0. The van der Waals surface area contributed by atoms with Gasteiger partial charge in [-0.3, -0.25) is 14.4 Å². The van der Waals surface area contributed by atoms with E-state index >= 15 is 0 Å². The number of carboxylic acids is 1. The first-order chi connectivity index (χ1) is 20.3. The van der Waals surface area contributed by atoms with E-state index in [2.05, 4.69) is 10.6 Å². The average Bonchev–Trinajstić information content (AvgIpc) is 3.56. The van der Waals surface area contributed by atoms with Crippen LogP contribution >= 0.6 is 0 Å². The molecule has 0 aliphatic heterocycles. The zero-order valence-corrected chi connectivity index (χ0v) is 23.2. The van der Waals surface area contributed by atoms with Gasteiger partial charge in [-0.05, 0) is 81.0 Å². The molecule has 232 valence electrons. The molecule has 43 heavy (non-hydrogen) atoms. The van der Waals surface area contributed by atoms with Crippen LogP contribution in [0.1, 0.15) is 60.9 Å². The number of halogens is 5. The summed E-state index contributed by atoms with van der Waals surface area (Å²) in [7, 11) is 1.27. The maximum absolute atomic E-state index is 14.9. The summed E-state index contributed by atoms with van der Waals surface area (Å²) < 4.78 is 79.2. The van der Waals surface area contributed by atoms with Crippen molar-refractivity contribution in [2.75, 3.05) is 12.4 Å². The predicted octanol–water partition coefficient (Wildman–Crippen LogP) is 5.80. The van der Waals surface area contributed by atoms with Crippen LogP contribution in [-0.2, 0) is 15.8 Å². The molecule has 0 heterocycles. The molecule has 13 heteroatoms. The summed E-state index contributed by atoms with van der Waals surface area (Å²) in [6, 6.07) is 3.79. The molecule has 2 aromatic rings. The van der Waals surface area contributed by atoms with E-state index in [-0.39, 0.29) is 34.6 Å². The molecule has 3 N–H and O–H groups in total. The van der Waals surface area contributed by atoms with E-state index in [1.54, 1.807) is 0 Å². The van der Waals surface area contributed by atoms with Gasteiger partial charge in [0.05, 0.1) is 36.2 Å². The average molecular weight is 611 g/mol. The zero-order chi connectivity index (χ0) is 31.1.